The number of para-hydroxylation sites is 1. The van der Waals surface area contributed by atoms with Gasteiger partial charge < -0.3 is 24.6 Å². The van der Waals surface area contributed by atoms with Gasteiger partial charge in [-0.3, -0.25) is 9.59 Å². The van der Waals surface area contributed by atoms with Gasteiger partial charge in [-0.15, -0.1) is 10.2 Å². The molecule has 1 aromatic heterocycles. The lowest BCUT2D eigenvalue weighted by molar-refractivity contribution is -0.126. The van der Waals surface area contributed by atoms with Crippen LogP contribution < -0.4 is 19.7 Å². The number of ether oxygens (including phenoxy) is 2. The largest absolute Gasteiger partial charge is 0.493 e. The lowest BCUT2D eigenvalue weighted by Crippen LogP contribution is -2.48. The van der Waals surface area contributed by atoms with Crippen molar-refractivity contribution >= 4 is 51.8 Å². The average Bonchev–Trinajstić information content (AvgIpc) is 3.40. The maximum Gasteiger partial charge on any atom is 0.246 e. The maximum absolute atomic E-state index is 12.7. The second kappa shape index (κ2) is 12.4. The molecule has 1 aliphatic rings. The second-order valence-electron chi connectivity index (χ2n) is 7.81. The molecule has 188 valence electrons. The highest BCUT2D eigenvalue weighted by atomic mass is 32.2. The van der Waals surface area contributed by atoms with Crippen molar-refractivity contribution in [2.75, 3.05) is 56.4 Å². The fraction of sp³-hybridized carbons (Fsp3) is 0.280. The number of nitrogens with zero attached hydrogens (tertiary/aromatic N) is 4. The molecule has 0 aliphatic carbocycles. The number of hydrogen-bond donors (Lipinski definition) is 1. The van der Waals surface area contributed by atoms with E-state index in [1.165, 1.54) is 23.1 Å². The van der Waals surface area contributed by atoms with E-state index < -0.39 is 0 Å². The third kappa shape index (κ3) is 6.76. The number of piperazine rings is 1. The van der Waals surface area contributed by atoms with Crippen LogP contribution >= 0.6 is 23.1 Å². The molecule has 0 spiro atoms. The first-order valence-corrected chi connectivity index (χ1v) is 13.1. The third-order valence-electron chi connectivity index (χ3n) is 5.47. The number of rotatable bonds is 9. The Labute approximate surface area is 218 Å². The molecule has 0 bridgehead atoms. The fourth-order valence-electron chi connectivity index (χ4n) is 3.58. The molecule has 2 heterocycles. The molecular weight excluding hydrogens is 498 g/mol. The van der Waals surface area contributed by atoms with Gasteiger partial charge in [-0.1, -0.05) is 47.4 Å². The molecule has 0 saturated carbocycles. The van der Waals surface area contributed by atoms with Gasteiger partial charge in [0.15, 0.2) is 15.8 Å². The summed E-state index contributed by atoms with van der Waals surface area (Å²) in [7, 11) is 3.17. The summed E-state index contributed by atoms with van der Waals surface area (Å²) in [5, 5.41) is 12.2. The molecule has 4 rings (SSSR count). The Morgan fingerprint density at radius 3 is 2.50 bits per heavy atom. The van der Waals surface area contributed by atoms with Gasteiger partial charge in [0, 0.05) is 37.9 Å². The summed E-state index contributed by atoms with van der Waals surface area (Å²) in [6.45, 7) is 2.53. The number of carbonyl (C=O) groups is 2. The van der Waals surface area contributed by atoms with Crippen molar-refractivity contribution in [2.45, 2.75) is 4.34 Å². The lowest BCUT2D eigenvalue weighted by Gasteiger charge is -2.33. The average molecular weight is 526 g/mol. The first-order valence-electron chi connectivity index (χ1n) is 11.3. The van der Waals surface area contributed by atoms with Crippen molar-refractivity contribution < 1.29 is 19.1 Å². The number of thioether (sulfide) groups is 1. The van der Waals surface area contributed by atoms with Crippen LogP contribution in [-0.4, -0.2) is 73.1 Å². The summed E-state index contributed by atoms with van der Waals surface area (Å²) >= 11 is 2.82. The summed E-state index contributed by atoms with van der Waals surface area (Å²) in [6.07, 6.45) is 3.36. The molecule has 1 aliphatic heterocycles. The van der Waals surface area contributed by atoms with Gasteiger partial charge in [0.2, 0.25) is 16.9 Å². The zero-order valence-corrected chi connectivity index (χ0v) is 21.7. The number of anilines is 2. The summed E-state index contributed by atoms with van der Waals surface area (Å²) < 4.78 is 11.3. The van der Waals surface area contributed by atoms with Crippen molar-refractivity contribution in [3.05, 3.63) is 60.2 Å². The van der Waals surface area contributed by atoms with Crippen LogP contribution in [0.15, 0.2) is 58.9 Å². The number of carbonyl (C=O) groups excluding carboxylic acids is 2. The molecule has 3 aromatic rings. The molecule has 11 heteroatoms. The van der Waals surface area contributed by atoms with E-state index in [-0.39, 0.29) is 17.6 Å². The van der Waals surface area contributed by atoms with Crippen molar-refractivity contribution in [3.63, 3.8) is 0 Å². The minimum Gasteiger partial charge on any atom is -0.493 e. The Balaban J connectivity index is 1.24. The van der Waals surface area contributed by atoms with Crippen LogP contribution in [0.1, 0.15) is 5.56 Å². The Morgan fingerprint density at radius 1 is 1.03 bits per heavy atom. The summed E-state index contributed by atoms with van der Waals surface area (Å²) in [5.74, 6) is 1.40. The van der Waals surface area contributed by atoms with Crippen LogP contribution in [0.5, 0.6) is 11.5 Å². The zero-order valence-electron chi connectivity index (χ0n) is 20.0. The summed E-state index contributed by atoms with van der Waals surface area (Å²) in [6, 6.07) is 14.9. The fourth-order valence-corrected chi connectivity index (χ4v) is 5.27. The second-order valence-corrected chi connectivity index (χ2v) is 9.99. The molecule has 9 nitrogen and oxygen atoms in total. The lowest BCUT2D eigenvalue weighted by atomic mass is 10.2. The van der Waals surface area contributed by atoms with Gasteiger partial charge in [0.25, 0.3) is 0 Å². The van der Waals surface area contributed by atoms with Crippen molar-refractivity contribution in [2.24, 2.45) is 0 Å². The normalized spacial score (nSPS) is 13.6. The molecule has 2 amide bonds. The summed E-state index contributed by atoms with van der Waals surface area (Å²) in [4.78, 5) is 28.8. The smallest absolute Gasteiger partial charge is 0.246 e. The van der Waals surface area contributed by atoms with E-state index in [1.54, 1.807) is 26.4 Å². The van der Waals surface area contributed by atoms with Gasteiger partial charge in [0.05, 0.1) is 20.0 Å². The van der Waals surface area contributed by atoms with E-state index in [9.17, 15) is 9.59 Å². The van der Waals surface area contributed by atoms with Crippen LogP contribution in [0, 0.1) is 0 Å². The predicted molar refractivity (Wildman–Crippen MR) is 143 cm³/mol. The van der Waals surface area contributed by atoms with Crippen LogP contribution in [-0.2, 0) is 9.59 Å². The standard InChI is InChI=1S/C25H27N5O4S2/c1-33-20-10-8-18(16-21(20)34-2)9-11-23(32)29-12-14-30(15-13-29)24-27-28-25(36-24)35-17-22(31)26-19-6-4-3-5-7-19/h3-11,16H,12-15,17H2,1-2H3,(H,26,31)/b11-9+. The number of hydrogen-bond acceptors (Lipinski definition) is 9. The minimum absolute atomic E-state index is 0.0395. The highest BCUT2D eigenvalue weighted by molar-refractivity contribution is 8.01. The Hall–Kier alpha value is -3.57. The van der Waals surface area contributed by atoms with E-state index in [2.05, 4.69) is 20.4 Å². The first-order chi connectivity index (χ1) is 17.6. The van der Waals surface area contributed by atoms with Crippen LogP contribution in [0.2, 0.25) is 0 Å². The molecule has 1 fully saturated rings. The number of methoxy groups -OCH3 is 2. The Kier molecular flexibility index (Phi) is 8.80. The van der Waals surface area contributed by atoms with Crippen molar-refractivity contribution in [1.82, 2.24) is 15.1 Å². The Bertz CT molecular complexity index is 1210. The van der Waals surface area contributed by atoms with Crippen LogP contribution in [0.4, 0.5) is 10.8 Å². The van der Waals surface area contributed by atoms with E-state index in [4.69, 9.17) is 9.47 Å². The van der Waals surface area contributed by atoms with E-state index in [0.29, 0.717) is 37.7 Å². The van der Waals surface area contributed by atoms with Crippen LogP contribution in [0.3, 0.4) is 0 Å². The summed E-state index contributed by atoms with van der Waals surface area (Å²) in [5.41, 5.74) is 1.63. The first kappa shape index (κ1) is 25.5. The van der Waals surface area contributed by atoms with E-state index >= 15 is 0 Å². The van der Waals surface area contributed by atoms with Gasteiger partial charge in [0.1, 0.15) is 0 Å². The molecule has 0 radical (unpaired) electrons. The molecule has 2 aromatic carbocycles. The van der Waals surface area contributed by atoms with Gasteiger partial charge in [-0.2, -0.15) is 0 Å². The van der Waals surface area contributed by atoms with Crippen molar-refractivity contribution in [1.29, 1.82) is 0 Å². The SMILES string of the molecule is COc1ccc(/C=C/C(=O)N2CCN(c3nnc(SCC(=O)Nc4ccccc4)s3)CC2)cc1OC. The third-order valence-corrected chi connectivity index (χ3v) is 7.59. The molecular formula is C25H27N5O4S2. The highest BCUT2D eigenvalue weighted by Crippen LogP contribution is 2.29. The highest BCUT2D eigenvalue weighted by Gasteiger charge is 2.22. The number of nitrogens with one attached hydrogen (secondary N) is 1. The minimum atomic E-state index is -0.0868. The quantitative estimate of drug-likeness (QED) is 0.334. The van der Waals surface area contributed by atoms with E-state index in [0.717, 1.165) is 20.7 Å². The predicted octanol–water partition coefficient (Wildman–Crippen LogP) is 3.65. The molecule has 0 atom stereocenters. The van der Waals surface area contributed by atoms with Crippen molar-refractivity contribution in [3.8, 4) is 11.5 Å². The molecule has 1 N–H and O–H groups in total. The van der Waals surface area contributed by atoms with Gasteiger partial charge in [-0.25, -0.2) is 0 Å². The monoisotopic (exact) mass is 525 g/mol. The van der Waals surface area contributed by atoms with Crippen LogP contribution in [0.25, 0.3) is 6.08 Å². The van der Waals surface area contributed by atoms with E-state index in [1.807, 2.05) is 53.4 Å². The molecule has 0 unspecified atom stereocenters. The topological polar surface area (TPSA) is 96.9 Å². The molecule has 36 heavy (non-hydrogen) atoms. The maximum atomic E-state index is 12.7. The van der Waals surface area contributed by atoms with Gasteiger partial charge >= 0.3 is 0 Å². The Morgan fingerprint density at radius 2 is 1.78 bits per heavy atom. The number of benzene rings is 2. The molecule has 1 saturated heterocycles. The van der Waals surface area contributed by atoms with Gasteiger partial charge in [-0.05, 0) is 35.9 Å². The number of aromatic nitrogens is 2. The number of amides is 2. The zero-order chi connectivity index (χ0) is 25.3.